The van der Waals surface area contributed by atoms with Gasteiger partial charge in [0.15, 0.2) is 0 Å². The molecule has 0 amide bonds. The maximum absolute atomic E-state index is 9.70. The molecule has 4 heteroatoms. The van der Waals surface area contributed by atoms with E-state index in [1.807, 2.05) is 16.8 Å². The lowest BCUT2D eigenvalue weighted by atomic mass is 9.95. The van der Waals surface area contributed by atoms with Gasteiger partial charge in [-0.1, -0.05) is 35.0 Å². The Balaban J connectivity index is 2.21. The highest BCUT2D eigenvalue weighted by atomic mass is 79.9. The average Bonchev–Trinajstić information content (AvgIpc) is 2.88. The van der Waals surface area contributed by atoms with Gasteiger partial charge in [0.2, 0.25) is 0 Å². The molecule has 108 valence electrons. The number of aryl methyl sites for hydroxylation is 2. The van der Waals surface area contributed by atoms with Gasteiger partial charge in [0.25, 0.3) is 0 Å². The number of aromatic nitrogens is 2. The maximum Gasteiger partial charge on any atom is 0.0624 e. The van der Waals surface area contributed by atoms with Gasteiger partial charge in [-0.05, 0) is 43.5 Å². The Morgan fingerprint density at radius 2 is 1.95 bits per heavy atom. The number of rotatable bonds is 6. The number of aliphatic hydroxyl groups is 1. The first-order valence-electron chi connectivity index (χ1n) is 7.09. The van der Waals surface area contributed by atoms with E-state index < -0.39 is 0 Å². The first-order valence-corrected chi connectivity index (χ1v) is 7.89. The third kappa shape index (κ3) is 3.49. The highest BCUT2D eigenvalue weighted by Crippen LogP contribution is 2.23. The first-order chi connectivity index (χ1) is 9.67. The number of hydrogen-bond acceptors (Lipinski definition) is 2. The lowest BCUT2D eigenvalue weighted by molar-refractivity contribution is 0.262. The van der Waals surface area contributed by atoms with Gasteiger partial charge < -0.3 is 5.11 Å². The van der Waals surface area contributed by atoms with E-state index >= 15 is 0 Å². The zero-order valence-electron chi connectivity index (χ0n) is 12.0. The van der Waals surface area contributed by atoms with Crippen molar-refractivity contribution >= 4 is 15.9 Å². The van der Waals surface area contributed by atoms with Crippen molar-refractivity contribution in [2.75, 3.05) is 6.61 Å². The summed E-state index contributed by atoms with van der Waals surface area (Å²) >= 11 is 3.44. The maximum atomic E-state index is 9.70. The summed E-state index contributed by atoms with van der Waals surface area (Å²) in [6, 6.07) is 10.3. The number of hydrogen-bond donors (Lipinski definition) is 1. The third-order valence-electron chi connectivity index (χ3n) is 3.59. The monoisotopic (exact) mass is 336 g/mol. The van der Waals surface area contributed by atoms with Gasteiger partial charge in [0.05, 0.1) is 12.3 Å². The minimum absolute atomic E-state index is 0.120. The molecule has 0 spiro atoms. The van der Waals surface area contributed by atoms with Crippen molar-refractivity contribution in [2.24, 2.45) is 0 Å². The van der Waals surface area contributed by atoms with E-state index in [2.05, 4.69) is 53.1 Å². The minimum Gasteiger partial charge on any atom is -0.396 e. The van der Waals surface area contributed by atoms with Crippen LogP contribution < -0.4 is 0 Å². The van der Waals surface area contributed by atoms with Crippen molar-refractivity contribution in [3.63, 3.8) is 0 Å². The predicted octanol–water partition coefficient (Wildman–Crippen LogP) is 3.55. The molecule has 1 aromatic heterocycles. The highest BCUT2D eigenvalue weighted by Gasteiger charge is 2.15. The van der Waals surface area contributed by atoms with Crippen molar-refractivity contribution in [3.05, 3.63) is 51.8 Å². The molecule has 1 aromatic carbocycles. The van der Waals surface area contributed by atoms with Crippen LogP contribution in [0.5, 0.6) is 0 Å². The summed E-state index contributed by atoms with van der Waals surface area (Å²) < 4.78 is 3.10. The summed E-state index contributed by atoms with van der Waals surface area (Å²) in [6.07, 6.45) is 1.76. The molecule has 0 saturated carbocycles. The smallest absolute Gasteiger partial charge is 0.0624 e. The lowest BCUT2D eigenvalue weighted by Gasteiger charge is -2.15. The Bertz CT molecular complexity index is 548. The van der Waals surface area contributed by atoms with E-state index in [-0.39, 0.29) is 12.5 Å². The van der Waals surface area contributed by atoms with Gasteiger partial charge in [0, 0.05) is 22.6 Å². The average molecular weight is 337 g/mol. The zero-order chi connectivity index (χ0) is 14.5. The van der Waals surface area contributed by atoms with Crippen LogP contribution in [0.3, 0.4) is 0 Å². The SMILES string of the molecule is CCc1cc(CC(CO)c2ccc(Br)cc2)n(CC)n1. The quantitative estimate of drug-likeness (QED) is 0.875. The van der Waals surface area contributed by atoms with Crippen molar-refractivity contribution in [3.8, 4) is 0 Å². The van der Waals surface area contributed by atoms with Crippen LogP contribution in [-0.4, -0.2) is 21.5 Å². The van der Waals surface area contributed by atoms with Crippen LogP contribution in [0.15, 0.2) is 34.8 Å². The Morgan fingerprint density at radius 3 is 2.50 bits per heavy atom. The molecule has 2 rings (SSSR count). The summed E-state index contributed by atoms with van der Waals surface area (Å²) in [5, 5.41) is 14.3. The summed E-state index contributed by atoms with van der Waals surface area (Å²) in [4.78, 5) is 0. The normalized spacial score (nSPS) is 12.6. The molecule has 3 nitrogen and oxygen atoms in total. The topological polar surface area (TPSA) is 38.0 Å². The standard InChI is InChI=1S/C16H21BrN2O/c1-3-15-10-16(19(4-2)18-15)9-13(11-20)12-5-7-14(17)8-6-12/h5-8,10,13,20H,3-4,9,11H2,1-2H3. The minimum atomic E-state index is 0.120. The molecule has 0 fully saturated rings. The summed E-state index contributed by atoms with van der Waals surface area (Å²) in [7, 11) is 0. The Kier molecular flexibility index (Phi) is 5.38. The molecule has 1 unspecified atom stereocenters. The summed E-state index contributed by atoms with van der Waals surface area (Å²) in [6.45, 7) is 5.24. The third-order valence-corrected chi connectivity index (χ3v) is 4.12. The van der Waals surface area contributed by atoms with Gasteiger partial charge in [-0.25, -0.2) is 0 Å². The highest BCUT2D eigenvalue weighted by molar-refractivity contribution is 9.10. The fourth-order valence-electron chi connectivity index (χ4n) is 2.40. The molecule has 1 heterocycles. The van der Waals surface area contributed by atoms with Crippen molar-refractivity contribution in [2.45, 2.75) is 39.2 Å². The van der Waals surface area contributed by atoms with E-state index in [0.717, 1.165) is 35.1 Å². The summed E-state index contributed by atoms with van der Waals surface area (Å²) in [5.41, 5.74) is 3.48. The van der Waals surface area contributed by atoms with E-state index in [1.54, 1.807) is 0 Å². The second-order valence-corrected chi connectivity index (χ2v) is 5.85. The predicted molar refractivity (Wildman–Crippen MR) is 85.0 cm³/mol. The molecule has 1 N–H and O–H groups in total. The van der Waals surface area contributed by atoms with Crippen LogP contribution in [0.4, 0.5) is 0 Å². The molecule has 0 bridgehead atoms. The van der Waals surface area contributed by atoms with Crippen LogP contribution in [0.1, 0.15) is 36.7 Å². The van der Waals surface area contributed by atoms with Gasteiger partial charge in [-0.3, -0.25) is 4.68 Å². The van der Waals surface area contributed by atoms with Crippen LogP contribution in [0, 0.1) is 0 Å². The van der Waals surface area contributed by atoms with Gasteiger partial charge >= 0.3 is 0 Å². The Labute approximate surface area is 128 Å². The molecule has 0 radical (unpaired) electrons. The molecule has 2 aromatic rings. The number of nitrogens with zero attached hydrogens (tertiary/aromatic N) is 2. The van der Waals surface area contributed by atoms with Crippen LogP contribution in [-0.2, 0) is 19.4 Å². The fraction of sp³-hybridized carbons (Fsp3) is 0.438. The van der Waals surface area contributed by atoms with Crippen LogP contribution in [0.2, 0.25) is 0 Å². The Hall–Kier alpha value is -1.13. The van der Waals surface area contributed by atoms with E-state index in [9.17, 15) is 5.11 Å². The van der Waals surface area contributed by atoms with Crippen molar-refractivity contribution in [1.29, 1.82) is 0 Å². The largest absolute Gasteiger partial charge is 0.396 e. The van der Waals surface area contributed by atoms with Crippen molar-refractivity contribution in [1.82, 2.24) is 9.78 Å². The molecular weight excluding hydrogens is 316 g/mol. The van der Waals surface area contributed by atoms with E-state index in [1.165, 1.54) is 5.69 Å². The zero-order valence-corrected chi connectivity index (χ0v) is 13.6. The Morgan fingerprint density at radius 1 is 1.25 bits per heavy atom. The van der Waals surface area contributed by atoms with E-state index in [0.29, 0.717) is 0 Å². The number of benzene rings is 1. The molecular formula is C16H21BrN2O. The summed E-state index contributed by atoms with van der Waals surface area (Å²) in [5.74, 6) is 0.120. The molecule has 0 aliphatic carbocycles. The van der Waals surface area contributed by atoms with Gasteiger partial charge in [-0.2, -0.15) is 5.10 Å². The molecule has 0 aliphatic heterocycles. The molecule has 0 aliphatic rings. The fourth-order valence-corrected chi connectivity index (χ4v) is 2.67. The van der Waals surface area contributed by atoms with Gasteiger partial charge in [0.1, 0.15) is 0 Å². The second-order valence-electron chi connectivity index (χ2n) is 4.93. The number of aliphatic hydroxyl groups excluding tert-OH is 1. The van der Waals surface area contributed by atoms with Crippen LogP contribution >= 0.6 is 15.9 Å². The lowest BCUT2D eigenvalue weighted by Crippen LogP contribution is -2.12. The van der Waals surface area contributed by atoms with E-state index in [4.69, 9.17) is 0 Å². The molecule has 1 atom stereocenters. The number of halogens is 1. The van der Waals surface area contributed by atoms with Gasteiger partial charge in [-0.15, -0.1) is 0 Å². The second kappa shape index (κ2) is 7.04. The molecule has 20 heavy (non-hydrogen) atoms. The molecule has 0 saturated heterocycles. The van der Waals surface area contributed by atoms with Crippen molar-refractivity contribution < 1.29 is 5.11 Å². The first kappa shape index (κ1) is 15.3. The van der Waals surface area contributed by atoms with Crippen LogP contribution in [0.25, 0.3) is 0 Å².